The van der Waals surface area contributed by atoms with Crippen LogP contribution in [0, 0.1) is 0 Å². The summed E-state index contributed by atoms with van der Waals surface area (Å²) in [5, 5.41) is 0.184. The summed E-state index contributed by atoms with van der Waals surface area (Å²) in [5.41, 5.74) is 0.145. The van der Waals surface area contributed by atoms with Gasteiger partial charge in [0.25, 0.3) is 0 Å². The van der Waals surface area contributed by atoms with Gasteiger partial charge in [-0.2, -0.15) is 0 Å². The average Bonchev–Trinajstić information content (AvgIpc) is 2.83. The lowest BCUT2D eigenvalue weighted by Crippen LogP contribution is -2.34. The van der Waals surface area contributed by atoms with Gasteiger partial charge in [0.2, 0.25) is 0 Å². The van der Waals surface area contributed by atoms with Crippen LogP contribution in [0.4, 0.5) is 12.9 Å². The lowest BCUT2D eigenvalue weighted by Gasteiger charge is -2.16. The maximum atomic E-state index is 12.4. The molecular formula is C9H8BClF3-. The van der Waals surface area contributed by atoms with Crippen molar-refractivity contribution < 1.29 is 12.9 Å². The predicted octanol–water partition coefficient (Wildman–Crippen LogP) is 3.27. The standard InChI is InChI=1S/C9H8BClF3/c11-9-4-7(6-1-2-6)3-8(5-9)10(12,13)14/h3-6H,1-2H2/q-1. The molecule has 1 fully saturated rings. The van der Waals surface area contributed by atoms with Gasteiger partial charge in [0.05, 0.1) is 0 Å². The molecule has 1 aliphatic rings. The van der Waals surface area contributed by atoms with E-state index in [0.717, 1.165) is 24.5 Å². The second-order valence-electron chi connectivity index (χ2n) is 3.67. The third-order valence-corrected chi connectivity index (χ3v) is 2.59. The number of rotatable bonds is 2. The Morgan fingerprint density at radius 3 is 2.29 bits per heavy atom. The van der Waals surface area contributed by atoms with Gasteiger partial charge in [0.1, 0.15) is 0 Å². The van der Waals surface area contributed by atoms with Crippen LogP contribution in [0.15, 0.2) is 18.2 Å². The van der Waals surface area contributed by atoms with Gasteiger partial charge in [-0.1, -0.05) is 23.7 Å². The van der Waals surface area contributed by atoms with Crippen LogP contribution >= 0.6 is 11.6 Å². The van der Waals surface area contributed by atoms with Crippen molar-refractivity contribution >= 4 is 24.0 Å². The molecule has 1 saturated carbocycles. The minimum absolute atomic E-state index is 0.184. The normalized spacial score (nSPS) is 17.1. The molecule has 14 heavy (non-hydrogen) atoms. The first-order chi connectivity index (χ1) is 6.47. The molecular weight excluding hydrogens is 211 g/mol. The fraction of sp³-hybridized carbons (Fsp3) is 0.333. The van der Waals surface area contributed by atoms with Gasteiger partial charge in [-0.25, -0.2) is 0 Å². The zero-order valence-electron chi connectivity index (χ0n) is 7.31. The zero-order valence-corrected chi connectivity index (χ0v) is 8.07. The van der Waals surface area contributed by atoms with Gasteiger partial charge in [-0.3, -0.25) is 0 Å². The molecule has 0 aromatic heterocycles. The highest BCUT2D eigenvalue weighted by Gasteiger charge is 2.29. The summed E-state index contributed by atoms with van der Waals surface area (Å²) in [6, 6.07) is 3.85. The van der Waals surface area contributed by atoms with E-state index in [-0.39, 0.29) is 5.02 Å². The Morgan fingerprint density at radius 2 is 1.79 bits per heavy atom. The fourth-order valence-corrected chi connectivity index (χ4v) is 1.73. The summed E-state index contributed by atoms with van der Waals surface area (Å²) in [4.78, 5) is 0. The van der Waals surface area contributed by atoms with Crippen molar-refractivity contribution in [2.45, 2.75) is 18.8 Å². The molecule has 0 atom stereocenters. The molecule has 76 valence electrons. The average molecular weight is 219 g/mol. The first kappa shape index (κ1) is 9.90. The van der Waals surface area contributed by atoms with Crippen LogP contribution in [-0.4, -0.2) is 6.98 Å². The maximum absolute atomic E-state index is 12.4. The Labute approximate surface area is 85.1 Å². The van der Waals surface area contributed by atoms with E-state index in [1.807, 2.05) is 0 Å². The molecule has 0 unspecified atom stereocenters. The molecule has 0 heterocycles. The van der Waals surface area contributed by atoms with Crippen LogP contribution < -0.4 is 5.46 Å². The van der Waals surface area contributed by atoms with Crippen LogP contribution in [-0.2, 0) is 0 Å². The monoisotopic (exact) mass is 219 g/mol. The van der Waals surface area contributed by atoms with Crippen molar-refractivity contribution in [3.05, 3.63) is 28.8 Å². The van der Waals surface area contributed by atoms with E-state index >= 15 is 0 Å². The molecule has 0 nitrogen and oxygen atoms in total. The maximum Gasteiger partial charge on any atom is 0.509 e. The molecule has 5 heteroatoms. The van der Waals surface area contributed by atoms with E-state index in [2.05, 4.69) is 0 Å². The zero-order chi connectivity index (χ0) is 10.3. The molecule has 0 spiro atoms. The van der Waals surface area contributed by atoms with Crippen molar-refractivity contribution in [3.63, 3.8) is 0 Å². The van der Waals surface area contributed by atoms with Crippen molar-refractivity contribution in [1.82, 2.24) is 0 Å². The Kier molecular flexibility index (Phi) is 2.26. The van der Waals surface area contributed by atoms with Gasteiger partial charge >= 0.3 is 6.98 Å². The van der Waals surface area contributed by atoms with Crippen LogP contribution in [0.3, 0.4) is 0 Å². The van der Waals surface area contributed by atoms with Crippen LogP contribution in [0.1, 0.15) is 24.3 Å². The summed E-state index contributed by atoms with van der Waals surface area (Å²) in [7, 11) is 0. The number of halogens is 4. The second-order valence-corrected chi connectivity index (χ2v) is 4.10. The van der Waals surface area contributed by atoms with E-state index in [1.165, 1.54) is 6.07 Å². The quantitative estimate of drug-likeness (QED) is 0.670. The number of hydrogen-bond acceptors (Lipinski definition) is 0. The number of benzene rings is 1. The molecule has 1 aromatic rings. The van der Waals surface area contributed by atoms with Gasteiger partial charge in [0.15, 0.2) is 0 Å². The predicted molar refractivity (Wildman–Crippen MR) is 52.1 cm³/mol. The Hall–Kier alpha value is -0.635. The first-order valence-electron chi connectivity index (χ1n) is 4.47. The highest BCUT2D eigenvalue weighted by molar-refractivity contribution is 6.73. The molecule has 2 rings (SSSR count). The van der Waals surface area contributed by atoms with Gasteiger partial charge in [0, 0.05) is 5.02 Å². The third-order valence-electron chi connectivity index (χ3n) is 2.37. The van der Waals surface area contributed by atoms with Crippen molar-refractivity contribution in [3.8, 4) is 0 Å². The highest BCUT2D eigenvalue weighted by atomic mass is 35.5. The van der Waals surface area contributed by atoms with E-state index in [4.69, 9.17) is 11.6 Å². The minimum Gasteiger partial charge on any atom is -0.445 e. The van der Waals surface area contributed by atoms with Gasteiger partial charge in [-0.05, 0) is 30.4 Å². The van der Waals surface area contributed by atoms with E-state index < -0.39 is 12.4 Å². The number of hydrogen-bond donors (Lipinski definition) is 0. The fourth-order valence-electron chi connectivity index (χ4n) is 1.48. The van der Waals surface area contributed by atoms with E-state index in [9.17, 15) is 12.9 Å². The second kappa shape index (κ2) is 3.19. The lowest BCUT2D eigenvalue weighted by molar-refractivity contribution is 0.501. The topological polar surface area (TPSA) is 0 Å². The molecule has 0 amide bonds. The summed E-state index contributed by atoms with van der Waals surface area (Å²) in [5.74, 6) is 0.297. The van der Waals surface area contributed by atoms with E-state index in [0.29, 0.717) is 5.92 Å². The summed E-state index contributed by atoms with van der Waals surface area (Å²) in [6.07, 6.45) is 1.95. The largest absolute Gasteiger partial charge is 0.509 e. The summed E-state index contributed by atoms with van der Waals surface area (Å²) in [6.45, 7) is -4.93. The van der Waals surface area contributed by atoms with Crippen LogP contribution in [0.25, 0.3) is 0 Å². The highest BCUT2D eigenvalue weighted by Crippen LogP contribution is 2.40. The van der Waals surface area contributed by atoms with Crippen LogP contribution in [0.2, 0.25) is 5.02 Å². The molecule has 0 bridgehead atoms. The van der Waals surface area contributed by atoms with Crippen molar-refractivity contribution in [2.75, 3.05) is 0 Å². The smallest absolute Gasteiger partial charge is 0.445 e. The summed E-state index contributed by atoms with van der Waals surface area (Å²) < 4.78 is 37.3. The molecule has 0 aliphatic heterocycles. The van der Waals surface area contributed by atoms with Crippen LogP contribution in [0.5, 0.6) is 0 Å². The SMILES string of the molecule is F[B-](F)(F)c1cc(Cl)cc(C2CC2)c1. The van der Waals surface area contributed by atoms with Gasteiger partial charge in [-0.15, -0.1) is 5.46 Å². The van der Waals surface area contributed by atoms with Crippen molar-refractivity contribution in [1.29, 1.82) is 0 Å². The first-order valence-corrected chi connectivity index (χ1v) is 4.85. The summed E-state index contributed by atoms with van der Waals surface area (Å²) >= 11 is 5.64. The molecule has 1 aliphatic carbocycles. The lowest BCUT2D eigenvalue weighted by atomic mass is 9.79. The molecule has 1 aromatic carbocycles. The van der Waals surface area contributed by atoms with Gasteiger partial charge < -0.3 is 12.9 Å². The Bertz CT molecular complexity index is 358. The minimum atomic E-state index is -4.93. The molecule has 0 radical (unpaired) electrons. The van der Waals surface area contributed by atoms with E-state index in [1.54, 1.807) is 6.07 Å². The Balaban J connectivity index is 2.41. The van der Waals surface area contributed by atoms with Crippen molar-refractivity contribution in [2.24, 2.45) is 0 Å². The third kappa shape index (κ3) is 2.06. The molecule has 0 N–H and O–H groups in total. The Morgan fingerprint density at radius 1 is 1.14 bits per heavy atom. The molecule has 0 saturated heterocycles.